The second-order valence-electron chi connectivity index (χ2n) is 2.25. The maximum atomic E-state index is 10.7. The van der Waals surface area contributed by atoms with Crippen molar-refractivity contribution in [3.8, 4) is 0 Å². The zero-order valence-electron chi connectivity index (χ0n) is 5.37. The minimum Gasteiger partial charge on any atom is -0.312 e. The molecule has 2 N–H and O–H groups in total. The van der Waals surface area contributed by atoms with E-state index in [1.165, 1.54) is 0 Å². The number of hydrogen-bond acceptors (Lipinski definition) is 2. The van der Waals surface area contributed by atoms with E-state index in [1.54, 1.807) is 13.8 Å². The van der Waals surface area contributed by atoms with Crippen LogP contribution in [-0.2, 0) is 9.09 Å². The summed E-state index contributed by atoms with van der Waals surface area (Å²) in [7, 11) is -3.41. The molecule has 0 radical (unpaired) electrons. The van der Waals surface area contributed by atoms with Gasteiger partial charge in [-0.2, -0.15) is 0 Å². The van der Waals surface area contributed by atoms with Crippen LogP contribution in [0.3, 0.4) is 0 Å². The molecule has 9 heavy (non-hydrogen) atoms. The molecule has 1 saturated heterocycles. The molecule has 3 unspecified atom stereocenters. The fraction of sp³-hybridized carbons (Fsp3) is 1.00. The topological polar surface area (TPSA) is 58.6 Å². The van der Waals surface area contributed by atoms with E-state index in [4.69, 9.17) is 4.89 Å². The van der Waals surface area contributed by atoms with E-state index < -0.39 is 7.75 Å². The highest BCUT2D eigenvalue weighted by molar-refractivity contribution is 7.50. The summed E-state index contributed by atoms with van der Waals surface area (Å²) in [6.07, 6.45) is -0.166. The monoisotopic (exact) mass is 151 g/mol. The Balaban J connectivity index is 2.65. The third-order valence-corrected chi connectivity index (χ3v) is 2.73. The van der Waals surface area contributed by atoms with Crippen molar-refractivity contribution >= 4 is 7.75 Å². The summed E-state index contributed by atoms with van der Waals surface area (Å²) in [6, 6.07) is -0.0270. The Morgan fingerprint density at radius 2 is 2.22 bits per heavy atom. The van der Waals surface area contributed by atoms with Gasteiger partial charge in [-0.1, -0.05) is 0 Å². The predicted octanol–water partition coefficient (Wildman–Crippen LogP) is 0.484. The highest BCUT2D eigenvalue weighted by atomic mass is 31.2. The molecule has 0 saturated carbocycles. The minimum atomic E-state index is -3.41. The van der Waals surface area contributed by atoms with E-state index in [0.29, 0.717) is 0 Å². The van der Waals surface area contributed by atoms with Crippen molar-refractivity contribution < 1.29 is 14.0 Å². The fourth-order valence-corrected chi connectivity index (χ4v) is 2.13. The van der Waals surface area contributed by atoms with Crippen LogP contribution in [0.4, 0.5) is 0 Å². The molecule has 0 amide bonds. The van der Waals surface area contributed by atoms with Gasteiger partial charge in [-0.25, -0.2) is 9.65 Å². The van der Waals surface area contributed by atoms with E-state index in [0.717, 1.165) is 0 Å². The predicted molar refractivity (Wildman–Crippen MR) is 33.0 cm³/mol. The van der Waals surface area contributed by atoms with Crippen molar-refractivity contribution in [2.75, 3.05) is 0 Å². The summed E-state index contributed by atoms with van der Waals surface area (Å²) in [4.78, 5) is 8.76. The summed E-state index contributed by atoms with van der Waals surface area (Å²) in [5.74, 6) is 0. The van der Waals surface area contributed by atoms with Gasteiger partial charge in [-0.05, 0) is 13.8 Å². The van der Waals surface area contributed by atoms with E-state index in [-0.39, 0.29) is 12.1 Å². The van der Waals surface area contributed by atoms with Crippen LogP contribution in [0.1, 0.15) is 13.8 Å². The Hall–Kier alpha value is 0.110. The lowest BCUT2D eigenvalue weighted by Crippen LogP contribution is -2.23. The largest absolute Gasteiger partial charge is 0.403 e. The van der Waals surface area contributed by atoms with Gasteiger partial charge in [0.25, 0.3) is 0 Å². The third-order valence-electron chi connectivity index (χ3n) is 1.38. The molecule has 0 bridgehead atoms. The number of rotatable bonds is 0. The van der Waals surface area contributed by atoms with Gasteiger partial charge in [0.15, 0.2) is 0 Å². The molecule has 54 valence electrons. The molecule has 0 aromatic rings. The van der Waals surface area contributed by atoms with Crippen LogP contribution in [-0.4, -0.2) is 17.0 Å². The van der Waals surface area contributed by atoms with Crippen molar-refractivity contribution in [3.63, 3.8) is 0 Å². The summed E-state index contributed by atoms with van der Waals surface area (Å²) in [5.41, 5.74) is 0. The van der Waals surface area contributed by atoms with E-state index in [9.17, 15) is 4.57 Å². The smallest absolute Gasteiger partial charge is 0.312 e. The molecule has 0 aliphatic carbocycles. The summed E-state index contributed by atoms with van der Waals surface area (Å²) in [6.45, 7) is 3.56. The van der Waals surface area contributed by atoms with E-state index >= 15 is 0 Å². The lowest BCUT2D eigenvalue weighted by Gasteiger charge is -2.01. The average Bonchev–Trinajstić information content (AvgIpc) is 1.79. The first-order valence-electron chi connectivity index (χ1n) is 2.80. The van der Waals surface area contributed by atoms with Crippen LogP contribution in [0.25, 0.3) is 0 Å². The van der Waals surface area contributed by atoms with Crippen molar-refractivity contribution in [1.82, 2.24) is 5.09 Å². The number of nitrogens with one attached hydrogen (secondary N) is 1. The molecule has 1 heterocycles. The van der Waals surface area contributed by atoms with Gasteiger partial charge in [-0.3, -0.25) is 4.52 Å². The Morgan fingerprint density at radius 1 is 1.67 bits per heavy atom. The molecule has 1 aliphatic heterocycles. The van der Waals surface area contributed by atoms with Crippen LogP contribution in [0, 0.1) is 0 Å². The van der Waals surface area contributed by atoms with Gasteiger partial charge < -0.3 is 4.89 Å². The summed E-state index contributed by atoms with van der Waals surface area (Å²) < 4.78 is 15.3. The highest BCUT2D eigenvalue weighted by Gasteiger charge is 2.35. The van der Waals surface area contributed by atoms with Crippen LogP contribution in [0.15, 0.2) is 0 Å². The van der Waals surface area contributed by atoms with Crippen LogP contribution >= 0.6 is 7.75 Å². The zero-order valence-corrected chi connectivity index (χ0v) is 6.26. The Bertz CT molecular complexity index is 146. The molecular weight excluding hydrogens is 141 g/mol. The first kappa shape index (κ1) is 7.22. The van der Waals surface area contributed by atoms with Gasteiger partial charge in [-0.15, -0.1) is 0 Å². The maximum absolute atomic E-state index is 10.7. The summed E-state index contributed by atoms with van der Waals surface area (Å²) in [5, 5.41) is 2.43. The quantitative estimate of drug-likeness (QED) is 0.494. The van der Waals surface area contributed by atoms with Crippen molar-refractivity contribution in [2.24, 2.45) is 0 Å². The van der Waals surface area contributed by atoms with Crippen LogP contribution in [0.2, 0.25) is 0 Å². The number of hydrogen-bond donors (Lipinski definition) is 2. The molecule has 5 heteroatoms. The lowest BCUT2D eigenvalue weighted by atomic mass is 10.2. The van der Waals surface area contributed by atoms with E-state index in [1.807, 2.05) is 0 Å². The molecule has 0 spiro atoms. The Morgan fingerprint density at radius 3 is 2.33 bits per heavy atom. The van der Waals surface area contributed by atoms with Gasteiger partial charge in [0, 0.05) is 6.04 Å². The van der Waals surface area contributed by atoms with Gasteiger partial charge >= 0.3 is 7.75 Å². The molecule has 4 nitrogen and oxygen atoms in total. The normalized spacial score (nSPS) is 51.9. The zero-order chi connectivity index (χ0) is 7.07. The summed E-state index contributed by atoms with van der Waals surface area (Å²) >= 11 is 0. The first-order chi connectivity index (χ1) is 4.01. The molecule has 1 aliphatic rings. The second kappa shape index (κ2) is 2.06. The second-order valence-corrected chi connectivity index (χ2v) is 3.76. The van der Waals surface area contributed by atoms with Crippen LogP contribution in [0.5, 0.6) is 0 Å². The first-order valence-corrected chi connectivity index (χ1v) is 4.38. The van der Waals surface area contributed by atoms with Gasteiger partial charge in [0.05, 0.1) is 6.10 Å². The third kappa shape index (κ3) is 1.52. The Kier molecular flexibility index (Phi) is 1.65. The van der Waals surface area contributed by atoms with Crippen molar-refractivity contribution in [1.29, 1.82) is 0 Å². The molecule has 1 rings (SSSR count). The molecular formula is C4H10NO3P. The molecule has 1 fully saturated rings. The average molecular weight is 151 g/mol. The van der Waals surface area contributed by atoms with E-state index in [2.05, 4.69) is 9.61 Å². The molecule has 3 atom stereocenters. The lowest BCUT2D eigenvalue weighted by molar-refractivity contribution is 0.212. The Labute approximate surface area is 53.8 Å². The van der Waals surface area contributed by atoms with Crippen LogP contribution < -0.4 is 5.09 Å². The minimum absolute atomic E-state index is 0.0270. The molecule has 0 aromatic heterocycles. The maximum Gasteiger partial charge on any atom is 0.403 e. The fourth-order valence-electron chi connectivity index (χ4n) is 0.709. The van der Waals surface area contributed by atoms with Gasteiger partial charge in [0.1, 0.15) is 0 Å². The van der Waals surface area contributed by atoms with Crippen molar-refractivity contribution in [3.05, 3.63) is 0 Å². The van der Waals surface area contributed by atoms with Crippen molar-refractivity contribution in [2.45, 2.75) is 26.0 Å². The SMILES string of the molecule is CC1NP(=O)(O)OC1C. The molecule has 0 aromatic carbocycles. The standard InChI is InChI=1S/C4H10NO3P/c1-3-4(2)8-9(6,7)5-3/h3-4H,1-2H3,(H2,5,6,7). The highest BCUT2D eigenvalue weighted by Crippen LogP contribution is 2.44. The van der Waals surface area contributed by atoms with Gasteiger partial charge in [0.2, 0.25) is 0 Å².